The topological polar surface area (TPSA) is 68.6 Å². The molecule has 9 aromatic rings. The molecule has 11 rings (SSSR count). The van der Waals surface area contributed by atoms with Gasteiger partial charge in [0.15, 0.2) is 0 Å². The number of ether oxygens (including phenoxy) is 3. The Labute approximate surface area is 487 Å². The highest BCUT2D eigenvalue weighted by molar-refractivity contribution is 5.77. The Morgan fingerprint density at radius 3 is 1.30 bits per heavy atom. The summed E-state index contributed by atoms with van der Waals surface area (Å²) in [6.07, 6.45) is 9.98. The number of nitriles is 1. The van der Waals surface area contributed by atoms with Crippen LogP contribution in [0.4, 0.5) is 26.3 Å². The molecule has 0 aliphatic heterocycles. The molecule has 0 heterocycles. The maximum atomic E-state index is 15.0. The first-order valence-electron chi connectivity index (χ1n) is 28.6. The Balaban J connectivity index is 0.000000187. The van der Waals surface area contributed by atoms with Crippen LogP contribution < -0.4 is 14.2 Å². The fourth-order valence-corrected chi connectivity index (χ4v) is 11.3. The van der Waals surface area contributed by atoms with Gasteiger partial charge < -0.3 is 14.2 Å². The minimum Gasteiger partial charge on any atom is -0.457 e. The standard InChI is InChI=1S/C39H36F2O2.C34H27F4NO2/c1-26-3-7-28(8-4-26)30-11-15-32(16-12-30)36-21-19-34(23-38(36)40)42-25-43-35-20-22-37(39(41)24-35)33-17-13-31(14-18-33)29-9-5-27(2)6-10-29;1-20-2-6-22(7-3-20)23-8-4-21(5-9-23)14-33(40)41-27-12-10-24(11-13-27)25-15-31(37)34(32(38)16-25)26-17-29(35)28(19-39)30(36)18-26/h3-4,7-8,11-24,27,29H,5-6,9-10,25H2,1-2H3;4-5,8-13,15-18,20,22H,2-3,6-7,14H2,1H3. The first kappa shape index (κ1) is 58.3. The zero-order chi connectivity index (χ0) is 58.9. The van der Waals surface area contributed by atoms with Gasteiger partial charge in [-0.2, -0.15) is 5.26 Å². The maximum absolute atomic E-state index is 15.0. The van der Waals surface area contributed by atoms with Gasteiger partial charge in [-0.1, -0.05) is 154 Å². The second kappa shape index (κ2) is 26.6. The third-order valence-corrected chi connectivity index (χ3v) is 16.3. The van der Waals surface area contributed by atoms with E-state index in [1.807, 2.05) is 48.5 Å². The van der Waals surface area contributed by atoms with Crippen molar-refractivity contribution < 1.29 is 45.3 Å². The highest BCUT2D eigenvalue weighted by atomic mass is 19.2. The van der Waals surface area contributed by atoms with Crippen molar-refractivity contribution in [3.05, 3.63) is 245 Å². The molecule has 0 N–H and O–H groups in total. The van der Waals surface area contributed by atoms with Crippen molar-refractivity contribution in [1.29, 1.82) is 5.26 Å². The lowest BCUT2D eigenvalue weighted by molar-refractivity contribution is -0.133. The first-order chi connectivity index (χ1) is 40.6. The molecule has 2 fully saturated rings. The minimum absolute atomic E-state index is 0.109. The van der Waals surface area contributed by atoms with Crippen LogP contribution in [0.3, 0.4) is 0 Å². The van der Waals surface area contributed by atoms with E-state index in [0.717, 1.165) is 63.9 Å². The quantitative estimate of drug-likeness (QED) is 0.0470. The summed E-state index contributed by atoms with van der Waals surface area (Å²) < 4.78 is 105. The van der Waals surface area contributed by atoms with Crippen LogP contribution in [0.2, 0.25) is 0 Å². The molecule has 2 aliphatic carbocycles. The monoisotopic (exact) mass is 1130 g/mol. The number of hydrogen-bond donors (Lipinski definition) is 0. The number of benzene rings is 9. The summed E-state index contributed by atoms with van der Waals surface area (Å²) in [5.74, 6) is -1.89. The van der Waals surface area contributed by atoms with Gasteiger partial charge in [-0.25, -0.2) is 26.3 Å². The van der Waals surface area contributed by atoms with Gasteiger partial charge in [-0.05, 0) is 173 Å². The Kier molecular flexibility index (Phi) is 18.4. The Morgan fingerprint density at radius 1 is 0.440 bits per heavy atom. The van der Waals surface area contributed by atoms with E-state index < -0.39 is 40.4 Å². The molecule has 426 valence electrons. The van der Waals surface area contributed by atoms with Gasteiger partial charge in [-0.3, -0.25) is 4.79 Å². The number of rotatable bonds is 14. The van der Waals surface area contributed by atoms with Crippen molar-refractivity contribution >= 4 is 5.97 Å². The molecule has 0 bridgehead atoms. The second-order valence-electron chi connectivity index (χ2n) is 22.3. The van der Waals surface area contributed by atoms with Crippen molar-refractivity contribution in [3.63, 3.8) is 0 Å². The molecule has 0 aromatic heterocycles. The summed E-state index contributed by atoms with van der Waals surface area (Å²) in [5, 5.41) is 8.82. The Hall–Kier alpha value is -8.88. The van der Waals surface area contributed by atoms with Gasteiger partial charge in [0.05, 0.1) is 12.0 Å². The van der Waals surface area contributed by atoms with Crippen LogP contribution in [0.15, 0.2) is 182 Å². The van der Waals surface area contributed by atoms with Crippen LogP contribution >= 0.6 is 0 Å². The van der Waals surface area contributed by atoms with Gasteiger partial charge in [0.1, 0.15) is 63.8 Å². The van der Waals surface area contributed by atoms with Crippen LogP contribution in [0.1, 0.15) is 105 Å². The molecule has 0 spiro atoms. The average Bonchev–Trinajstić information content (AvgIpc) is 3.53. The maximum Gasteiger partial charge on any atom is 0.315 e. The summed E-state index contributed by atoms with van der Waals surface area (Å²) >= 11 is 0. The normalized spacial score (nSPS) is 16.6. The number of aryl methyl sites for hydroxylation is 1. The molecule has 84 heavy (non-hydrogen) atoms. The fourth-order valence-electron chi connectivity index (χ4n) is 11.3. The molecule has 0 amide bonds. The van der Waals surface area contributed by atoms with Gasteiger partial charge in [0.2, 0.25) is 6.79 Å². The highest BCUT2D eigenvalue weighted by Crippen LogP contribution is 2.39. The van der Waals surface area contributed by atoms with Crippen LogP contribution in [0.25, 0.3) is 55.6 Å². The number of nitrogens with zero attached hydrogens (tertiary/aromatic N) is 1. The van der Waals surface area contributed by atoms with Crippen LogP contribution in [-0.4, -0.2) is 12.8 Å². The fraction of sp³-hybridized carbons (Fsp3) is 0.233. The molecular weight excluding hydrogens is 1070 g/mol. The number of carbonyl (C=O) groups is 1. The second-order valence-corrected chi connectivity index (χ2v) is 22.3. The van der Waals surface area contributed by atoms with Crippen LogP contribution in [-0.2, 0) is 11.2 Å². The third kappa shape index (κ3) is 14.3. The number of hydrogen-bond acceptors (Lipinski definition) is 5. The summed E-state index contributed by atoms with van der Waals surface area (Å²) in [6, 6.07) is 53.2. The van der Waals surface area contributed by atoms with Crippen LogP contribution in [0, 0.1) is 65.0 Å². The predicted molar refractivity (Wildman–Crippen MR) is 318 cm³/mol. The molecule has 0 unspecified atom stereocenters. The molecule has 2 aliphatic rings. The van der Waals surface area contributed by atoms with Crippen molar-refractivity contribution in [1.82, 2.24) is 0 Å². The van der Waals surface area contributed by atoms with E-state index in [9.17, 15) is 26.7 Å². The van der Waals surface area contributed by atoms with Crippen molar-refractivity contribution in [3.8, 4) is 79.0 Å². The van der Waals surface area contributed by atoms with Crippen molar-refractivity contribution in [2.24, 2.45) is 11.8 Å². The lowest BCUT2D eigenvalue weighted by Gasteiger charge is -2.26. The van der Waals surface area contributed by atoms with Crippen molar-refractivity contribution in [2.75, 3.05) is 6.79 Å². The van der Waals surface area contributed by atoms with Crippen molar-refractivity contribution in [2.45, 2.75) is 90.4 Å². The average molecular weight is 1130 g/mol. The summed E-state index contributed by atoms with van der Waals surface area (Å²) in [7, 11) is 0. The smallest absolute Gasteiger partial charge is 0.315 e. The lowest BCUT2D eigenvalue weighted by Crippen LogP contribution is -2.12. The Bertz CT molecular complexity index is 3740. The third-order valence-electron chi connectivity index (χ3n) is 16.3. The number of carbonyl (C=O) groups excluding carboxylic acids is 1. The summed E-state index contributed by atoms with van der Waals surface area (Å²) in [6.45, 7) is 6.51. The van der Waals surface area contributed by atoms with E-state index >= 15 is 4.39 Å². The van der Waals surface area contributed by atoms with Gasteiger partial charge >= 0.3 is 5.97 Å². The molecule has 2 saturated carbocycles. The molecule has 5 nitrogen and oxygen atoms in total. The van der Waals surface area contributed by atoms with Crippen LogP contribution in [0.5, 0.6) is 17.2 Å². The SMILES string of the molecule is CC1CCC(c2ccc(CC(=O)Oc3ccc(-c4cc(F)c(-c5cc(F)c(C#N)c(F)c5)c(F)c4)cc3)cc2)CC1.Cc1ccc(-c2ccc(-c3ccc(OCOc4ccc(-c5ccc(C6CCC(C)CC6)cc5)c(F)c4)cc3F)cc2)cc1. The first-order valence-corrected chi connectivity index (χ1v) is 28.6. The van der Waals surface area contributed by atoms with Gasteiger partial charge in [0, 0.05) is 23.3 Å². The van der Waals surface area contributed by atoms with E-state index in [1.165, 1.54) is 98.4 Å². The predicted octanol–water partition coefficient (Wildman–Crippen LogP) is 19.9. The van der Waals surface area contributed by atoms with Gasteiger partial charge in [0.25, 0.3) is 0 Å². The van der Waals surface area contributed by atoms with Gasteiger partial charge in [-0.15, -0.1) is 0 Å². The van der Waals surface area contributed by atoms with E-state index in [2.05, 4.69) is 69.3 Å². The molecule has 11 heteroatoms. The number of halogens is 6. The minimum atomic E-state index is -1.21. The lowest BCUT2D eigenvalue weighted by atomic mass is 9.79. The summed E-state index contributed by atoms with van der Waals surface area (Å²) in [5.41, 5.74) is 8.38. The number of esters is 1. The molecule has 0 saturated heterocycles. The summed E-state index contributed by atoms with van der Waals surface area (Å²) in [4.78, 5) is 12.5. The highest BCUT2D eigenvalue weighted by Gasteiger charge is 2.23. The largest absolute Gasteiger partial charge is 0.457 e. The zero-order valence-corrected chi connectivity index (χ0v) is 47.0. The molecule has 9 aromatic carbocycles. The van der Waals surface area contributed by atoms with E-state index in [1.54, 1.807) is 36.4 Å². The van der Waals surface area contributed by atoms with E-state index in [0.29, 0.717) is 40.0 Å². The molecular formula is C73H63F6NO4. The molecule has 0 radical (unpaired) electrons. The Morgan fingerprint density at radius 2 is 0.833 bits per heavy atom. The molecule has 0 atom stereocenters. The van der Waals surface area contributed by atoms with E-state index in [4.69, 9.17) is 19.5 Å². The van der Waals surface area contributed by atoms with E-state index in [-0.39, 0.29) is 41.7 Å². The zero-order valence-electron chi connectivity index (χ0n) is 47.0.